The monoisotopic (exact) mass is 386 g/mol. The van der Waals surface area contributed by atoms with Gasteiger partial charge >= 0.3 is 0 Å². The summed E-state index contributed by atoms with van der Waals surface area (Å²) in [5.74, 6) is 0.575. The summed E-state index contributed by atoms with van der Waals surface area (Å²) in [6.45, 7) is 0.381. The van der Waals surface area contributed by atoms with Gasteiger partial charge in [0.2, 0.25) is 0 Å². The summed E-state index contributed by atoms with van der Waals surface area (Å²) in [7, 11) is 1.60. The zero-order valence-corrected chi connectivity index (χ0v) is 15.4. The second kappa shape index (κ2) is 7.67. The minimum atomic E-state index is -0.460. The summed E-state index contributed by atoms with van der Waals surface area (Å²) in [5.41, 5.74) is 1.66. The average Bonchev–Trinajstić information content (AvgIpc) is 2.90. The lowest BCUT2D eigenvalue weighted by molar-refractivity contribution is -0.384. The van der Waals surface area contributed by atoms with E-state index in [1.165, 1.54) is 23.9 Å². The number of nitrogens with zero attached hydrogens (tertiary/aromatic N) is 2. The van der Waals surface area contributed by atoms with Crippen LogP contribution >= 0.6 is 24.0 Å². The fourth-order valence-corrected chi connectivity index (χ4v) is 3.65. The minimum Gasteiger partial charge on any atom is -0.497 e. The van der Waals surface area contributed by atoms with Crippen LogP contribution in [0, 0.1) is 10.1 Å². The molecule has 0 saturated carbocycles. The molecule has 0 aliphatic carbocycles. The third-order valence-corrected chi connectivity index (χ3v) is 5.15. The highest BCUT2D eigenvalue weighted by Crippen LogP contribution is 2.34. The normalized spacial score (nSPS) is 15.6. The molecule has 0 unspecified atom stereocenters. The second-order valence-electron chi connectivity index (χ2n) is 5.46. The quantitative estimate of drug-likeness (QED) is 0.335. The maximum atomic E-state index is 12.6. The van der Waals surface area contributed by atoms with E-state index in [2.05, 4.69) is 0 Å². The van der Waals surface area contributed by atoms with Gasteiger partial charge in [-0.15, -0.1) is 0 Å². The van der Waals surface area contributed by atoms with Gasteiger partial charge in [0.15, 0.2) is 0 Å². The molecule has 6 nitrogen and oxygen atoms in total. The summed E-state index contributed by atoms with van der Waals surface area (Å²) in [4.78, 5) is 24.9. The molecule has 2 aromatic carbocycles. The molecule has 132 valence electrons. The summed E-state index contributed by atoms with van der Waals surface area (Å²) in [6.07, 6.45) is 1.69. The van der Waals surface area contributed by atoms with Crippen LogP contribution in [-0.4, -0.2) is 27.2 Å². The van der Waals surface area contributed by atoms with E-state index in [0.717, 1.165) is 11.3 Å². The van der Waals surface area contributed by atoms with Crippen LogP contribution in [0.1, 0.15) is 11.1 Å². The van der Waals surface area contributed by atoms with Gasteiger partial charge in [-0.25, -0.2) is 0 Å². The fourth-order valence-electron chi connectivity index (χ4n) is 2.39. The first-order valence-electron chi connectivity index (χ1n) is 7.60. The maximum Gasteiger partial charge on any atom is 0.269 e. The van der Waals surface area contributed by atoms with Gasteiger partial charge < -0.3 is 4.74 Å². The highest BCUT2D eigenvalue weighted by molar-refractivity contribution is 8.26. The van der Waals surface area contributed by atoms with Crippen molar-refractivity contribution in [2.24, 2.45) is 0 Å². The molecule has 26 heavy (non-hydrogen) atoms. The zero-order valence-electron chi connectivity index (χ0n) is 13.7. The number of carbonyl (C=O) groups is 1. The van der Waals surface area contributed by atoms with E-state index >= 15 is 0 Å². The predicted octanol–water partition coefficient (Wildman–Crippen LogP) is 4.00. The summed E-state index contributed by atoms with van der Waals surface area (Å²) < 4.78 is 5.61. The van der Waals surface area contributed by atoms with E-state index in [0.29, 0.717) is 21.3 Å². The molecule has 2 aromatic rings. The molecule has 3 rings (SSSR count). The van der Waals surface area contributed by atoms with Gasteiger partial charge in [0.1, 0.15) is 10.1 Å². The molecule has 0 bridgehead atoms. The number of thioether (sulfide) groups is 1. The SMILES string of the molecule is COc1ccc(CN2C(=O)C(=Cc3ccc([N+](=O)[O-])cc3)SC2=S)cc1. The molecule has 1 heterocycles. The number of methoxy groups -OCH3 is 1. The Morgan fingerprint density at radius 2 is 1.85 bits per heavy atom. The van der Waals surface area contributed by atoms with E-state index in [9.17, 15) is 14.9 Å². The summed E-state index contributed by atoms with van der Waals surface area (Å²) in [6, 6.07) is 13.5. The number of carbonyl (C=O) groups excluding carboxylic acids is 1. The van der Waals surface area contributed by atoms with Gasteiger partial charge in [0.05, 0.1) is 23.5 Å². The molecule has 8 heteroatoms. The largest absolute Gasteiger partial charge is 0.497 e. The molecule has 0 aromatic heterocycles. The lowest BCUT2D eigenvalue weighted by atomic mass is 10.2. The lowest BCUT2D eigenvalue weighted by Crippen LogP contribution is -2.27. The van der Waals surface area contributed by atoms with Crippen molar-refractivity contribution in [3.63, 3.8) is 0 Å². The van der Waals surface area contributed by atoms with Crippen LogP contribution < -0.4 is 4.74 Å². The molecule has 1 aliphatic heterocycles. The molecule has 0 spiro atoms. The standard InChI is InChI=1S/C18H14N2O4S2/c1-24-15-8-4-13(5-9-15)11-19-17(21)16(26-18(19)25)10-12-2-6-14(7-3-12)20(22)23/h2-10H,11H2,1H3. The topological polar surface area (TPSA) is 72.7 Å². The lowest BCUT2D eigenvalue weighted by Gasteiger charge is -2.14. The third-order valence-electron chi connectivity index (χ3n) is 3.78. The fraction of sp³-hybridized carbons (Fsp3) is 0.111. The van der Waals surface area contributed by atoms with Crippen LogP contribution in [0.3, 0.4) is 0 Å². The molecule has 0 radical (unpaired) electrons. The van der Waals surface area contributed by atoms with Crippen LogP contribution in [-0.2, 0) is 11.3 Å². The van der Waals surface area contributed by atoms with Crippen molar-refractivity contribution in [1.29, 1.82) is 0 Å². The Labute approximate surface area is 159 Å². The number of ether oxygens (including phenoxy) is 1. The number of thiocarbonyl (C=S) groups is 1. The Morgan fingerprint density at radius 3 is 2.42 bits per heavy atom. The van der Waals surface area contributed by atoms with Gasteiger partial charge in [-0.2, -0.15) is 0 Å². The van der Waals surface area contributed by atoms with Crippen LogP contribution in [0.15, 0.2) is 53.4 Å². The van der Waals surface area contributed by atoms with Crippen molar-refractivity contribution in [2.45, 2.75) is 6.54 Å². The van der Waals surface area contributed by atoms with Crippen molar-refractivity contribution in [1.82, 2.24) is 4.90 Å². The van der Waals surface area contributed by atoms with Gasteiger partial charge in [-0.3, -0.25) is 19.8 Å². The number of nitro groups is 1. The molecule has 1 fully saturated rings. The number of benzene rings is 2. The maximum absolute atomic E-state index is 12.6. The Balaban J connectivity index is 1.76. The van der Waals surface area contributed by atoms with Crippen LogP contribution in [0.25, 0.3) is 6.08 Å². The molecule has 1 amide bonds. The Morgan fingerprint density at radius 1 is 1.19 bits per heavy atom. The van der Waals surface area contributed by atoms with Crippen molar-refractivity contribution in [3.8, 4) is 5.75 Å². The van der Waals surface area contributed by atoms with Crippen LogP contribution in [0.4, 0.5) is 5.69 Å². The number of hydrogen-bond donors (Lipinski definition) is 0. The molecule has 1 saturated heterocycles. The molecular formula is C18H14N2O4S2. The van der Waals surface area contributed by atoms with Crippen molar-refractivity contribution in [3.05, 3.63) is 74.7 Å². The number of nitro benzene ring substituents is 1. The van der Waals surface area contributed by atoms with Crippen molar-refractivity contribution < 1.29 is 14.5 Å². The van der Waals surface area contributed by atoms with Crippen molar-refractivity contribution in [2.75, 3.05) is 7.11 Å². The first kappa shape index (κ1) is 18.1. The van der Waals surface area contributed by atoms with Gasteiger partial charge in [0, 0.05) is 12.1 Å². The second-order valence-corrected chi connectivity index (χ2v) is 7.14. The van der Waals surface area contributed by atoms with Gasteiger partial charge in [-0.05, 0) is 41.5 Å². The van der Waals surface area contributed by atoms with E-state index in [1.54, 1.807) is 30.2 Å². The molecule has 0 N–H and O–H groups in total. The highest BCUT2D eigenvalue weighted by Gasteiger charge is 2.31. The van der Waals surface area contributed by atoms with Crippen LogP contribution in [0.2, 0.25) is 0 Å². The average molecular weight is 386 g/mol. The number of rotatable bonds is 5. The molecule has 1 aliphatic rings. The number of hydrogen-bond acceptors (Lipinski definition) is 6. The number of amides is 1. The summed E-state index contributed by atoms with van der Waals surface area (Å²) >= 11 is 6.55. The van der Waals surface area contributed by atoms with E-state index in [4.69, 9.17) is 17.0 Å². The minimum absolute atomic E-state index is 0.00852. The van der Waals surface area contributed by atoms with Gasteiger partial charge in [0.25, 0.3) is 11.6 Å². The predicted molar refractivity (Wildman–Crippen MR) is 105 cm³/mol. The van der Waals surface area contributed by atoms with Gasteiger partial charge in [-0.1, -0.05) is 36.1 Å². The Kier molecular flexibility index (Phi) is 5.34. The molecular weight excluding hydrogens is 372 g/mol. The third kappa shape index (κ3) is 3.92. The summed E-state index contributed by atoms with van der Waals surface area (Å²) in [5, 5.41) is 10.7. The highest BCUT2D eigenvalue weighted by atomic mass is 32.2. The number of non-ortho nitro benzene ring substituents is 1. The zero-order chi connectivity index (χ0) is 18.7. The molecule has 0 atom stereocenters. The Bertz CT molecular complexity index is 892. The first-order valence-corrected chi connectivity index (χ1v) is 8.83. The van der Waals surface area contributed by atoms with E-state index < -0.39 is 4.92 Å². The van der Waals surface area contributed by atoms with Crippen molar-refractivity contribution >= 4 is 46.0 Å². The smallest absolute Gasteiger partial charge is 0.269 e. The van der Waals surface area contributed by atoms with E-state index in [1.807, 2.05) is 24.3 Å². The van der Waals surface area contributed by atoms with Crippen LogP contribution in [0.5, 0.6) is 5.75 Å². The Hall–Kier alpha value is -2.71. The van der Waals surface area contributed by atoms with E-state index in [-0.39, 0.29) is 11.6 Å². The first-order chi connectivity index (χ1) is 12.5.